The van der Waals surface area contributed by atoms with Crippen LogP contribution in [0.15, 0.2) is 23.6 Å². The molecule has 102 valence electrons. The number of aryl methyl sites for hydroxylation is 1. The van der Waals surface area contributed by atoms with Crippen molar-refractivity contribution in [3.05, 3.63) is 49.6 Å². The van der Waals surface area contributed by atoms with Gasteiger partial charge in [0.2, 0.25) is 0 Å². The van der Waals surface area contributed by atoms with Gasteiger partial charge in [-0.05, 0) is 48.1 Å². The van der Waals surface area contributed by atoms with E-state index in [9.17, 15) is 0 Å². The fourth-order valence-electron chi connectivity index (χ4n) is 1.94. The molecule has 1 atom stereocenters. The summed E-state index contributed by atoms with van der Waals surface area (Å²) in [5.41, 5.74) is 8.30. The standard InChI is InChI=1S/C14H15Cl2NOS/c1-8-7-19-14(13(8)16)11(17)6-9-5-10(15)3-4-12(9)18-2/h3-5,7,11H,6,17H2,1-2H3. The highest BCUT2D eigenvalue weighted by Crippen LogP contribution is 2.34. The summed E-state index contributed by atoms with van der Waals surface area (Å²) in [6, 6.07) is 5.39. The van der Waals surface area contributed by atoms with Gasteiger partial charge in [0.05, 0.1) is 12.1 Å². The number of thiophene rings is 1. The number of rotatable bonds is 4. The first-order valence-electron chi connectivity index (χ1n) is 5.84. The molecule has 0 spiro atoms. The maximum atomic E-state index is 6.25. The largest absolute Gasteiger partial charge is 0.496 e. The van der Waals surface area contributed by atoms with E-state index in [1.807, 2.05) is 24.4 Å². The minimum absolute atomic E-state index is 0.154. The zero-order valence-corrected chi connectivity index (χ0v) is 13.1. The maximum Gasteiger partial charge on any atom is 0.122 e. The molecule has 2 nitrogen and oxygen atoms in total. The normalized spacial score (nSPS) is 12.5. The highest BCUT2D eigenvalue weighted by Gasteiger charge is 2.16. The summed E-state index contributed by atoms with van der Waals surface area (Å²) in [6.07, 6.45) is 0.642. The van der Waals surface area contributed by atoms with Crippen molar-refractivity contribution in [3.8, 4) is 5.75 Å². The Bertz CT molecular complexity index is 583. The van der Waals surface area contributed by atoms with Crippen LogP contribution in [0.25, 0.3) is 0 Å². The molecule has 19 heavy (non-hydrogen) atoms. The molecule has 2 N–H and O–H groups in total. The molecule has 0 aliphatic carbocycles. The number of hydrogen-bond acceptors (Lipinski definition) is 3. The molecule has 1 aromatic heterocycles. The zero-order valence-electron chi connectivity index (χ0n) is 10.7. The summed E-state index contributed by atoms with van der Waals surface area (Å²) in [6.45, 7) is 1.98. The number of benzene rings is 1. The van der Waals surface area contributed by atoms with Gasteiger partial charge < -0.3 is 10.5 Å². The molecule has 0 bridgehead atoms. The topological polar surface area (TPSA) is 35.2 Å². The average molecular weight is 316 g/mol. The van der Waals surface area contributed by atoms with Crippen LogP contribution in [0.3, 0.4) is 0 Å². The molecule has 1 aromatic carbocycles. The van der Waals surface area contributed by atoms with E-state index in [4.69, 9.17) is 33.7 Å². The van der Waals surface area contributed by atoms with Gasteiger partial charge in [0.25, 0.3) is 0 Å². The van der Waals surface area contributed by atoms with Gasteiger partial charge in [-0.2, -0.15) is 0 Å². The summed E-state index contributed by atoms with van der Waals surface area (Å²) < 4.78 is 5.33. The highest BCUT2D eigenvalue weighted by molar-refractivity contribution is 7.10. The van der Waals surface area contributed by atoms with Crippen molar-refractivity contribution < 1.29 is 4.74 Å². The molecule has 2 rings (SSSR count). The van der Waals surface area contributed by atoms with Gasteiger partial charge in [-0.25, -0.2) is 0 Å². The van der Waals surface area contributed by atoms with E-state index in [-0.39, 0.29) is 6.04 Å². The summed E-state index contributed by atoms with van der Waals surface area (Å²) in [5.74, 6) is 0.796. The maximum absolute atomic E-state index is 6.25. The molecule has 0 radical (unpaired) electrons. The molecular formula is C14H15Cl2NOS. The van der Waals surface area contributed by atoms with E-state index in [1.54, 1.807) is 24.5 Å². The minimum atomic E-state index is -0.154. The predicted molar refractivity (Wildman–Crippen MR) is 82.7 cm³/mol. The van der Waals surface area contributed by atoms with E-state index in [2.05, 4.69) is 0 Å². The fraction of sp³-hybridized carbons (Fsp3) is 0.286. The number of hydrogen-bond donors (Lipinski definition) is 1. The summed E-state index contributed by atoms with van der Waals surface area (Å²) in [5, 5.41) is 3.46. The molecule has 2 aromatic rings. The predicted octanol–water partition coefficient (Wildman–Crippen LogP) is 4.61. The third-order valence-electron chi connectivity index (χ3n) is 2.94. The first-order chi connectivity index (χ1) is 9.02. The smallest absolute Gasteiger partial charge is 0.122 e. The molecule has 0 aliphatic heterocycles. The van der Waals surface area contributed by atoms with Crippen LogP contribution in [-0.2, 0) is 6.42 Å². The van der Waals surface area contributed by atoms with E-state index in [0.29, 0.717) is 11.4 Å². The van der Waals surface area contributed by atoms with Crippen LogP contribution >= 0.6 is 34.5 Å². The lowest BCUT2D eigenvalue weighted by molar-refractivity contribution is 0.408. The Labute approximate surface area is 127 Å². The molecular weight excluding hydrogens is 301 g/mol. The van der Waals surface area contributed by atoms with Gasteiger partial charge >= 0.3 is 0 Å². The van der Waals surface area contributed by atoms with Crippen LogP contribution in [0.4, 0.5) is 0 Å². The third kappa shape index (κ3) is 3.23. The fourth-order valence-corrected chi connectivity index (χ4v) is 3.47. The second-order valence-corrected chi connectivity index (χ2v) is 6.09. The van der Waals surface area contributed by atoms with Gasteiger partial charge in [-0.3, -0.25) is 0 Å². The quantitative estimate of drug-likeness (QED) is 0.893. The monoisotopic (exact) mass is 315 g/mol. The SMILES string of the molecule is COc1ccc(Cl)cc1CC(N)c1scc(C)c1Cl. The Morgan fingerprint density at radius 1 is 1.37 bits per heavy atom. The van der Waals surface area contributed by atoms with E-state index in [1.165, 1.54) is 0 Å². The Balaban J connectivity index is 2.26. The van der Waals surface area contributed by atoms with Crippen LogP contribution < -0.4 is 10.5 Å². The van der Waals surface area contributed by atoms with Crippen molar-refractivity contribution in [1.82, 2.24) is 0 Å². The Morgan fingerprint density at radius 2 is 2.11 bits per heavy atom. The van der Waals surface area contributed by atoms with Crippen LogP contribution in [0, 0.1) is 6.92 Å². The van der Waals surface area contributed by atoms with E-state index in [0.717, 1.165) is 26.8 Å². The van der Waals surface area contributed by atoms with Crippen molar-refractivity contribution in [1.29, 1.82) is 0 Å². The molecule has 0 saturated carbocycles. The van der Waals surface area contributed by atoms with Crippen molar-refractivity contribution in [3.63, 3.8) is 0 Å². The molecule has 0 saturated heterocycles. The number of nitrogens with two attached hydrogens (primary N) is 1. The van der Waals surface area contributed by atoms with Gasteiger partial charge in [0.1, 0.15) is 5.75 Å². The first kappa shape index (κ1) is 14.7. The Kier molecular flexibility index (Phi) is 4.74. The van der Waals surface area contributed by atoms with Gasteiger partial charge in [-0.1, -0.05) is 23.2 Å². The van der Waals surface area contributed by atoms with Crippen molar-refractivity contribution in [2.45, 2.75) is 19.4 Å². The number of methoxy groups -OCH3 is 1. The second kappa shape index (κ2) is 6.14. The lowest BCUT2D eigenvalue weighted by atomic mass is 10.0. The van der Waals surface area contributed by atoms with Crippen LogP contribution in [0.1, 0.15) is 22.0 Å². The number of halogens is 2. The summed E-state index contributed by atoms with van der Waals surface area (Å²) >= 11 is 13.9. The molecule has 0 aliphatic rings. The number of ether oxygens (including phenoxy) is 1. The third-order valence-corrected chi connectivity index (χ3v) is 5.03. The molecule has 5 heteroatoms. The Morgan fingerprint density at radius 3 is 2.68 bits per heavy atom. The molecule has 0 fully saturated rings. The van der Waals surface area contributed by atoms with Gasteiger partial charge in [0, 0.05) is 15.9 Å². The molecule has 0 amide bonds. The van der Waals surface area contributed by atoms with Crippen molar-refractivity contribution >= 4 is 34.5 Å². The molecule has 1 unspecified atom stereocenters. The highest BCUT2D eigenvalue weighted by atomic mass is 35.5. The summed E-state index contributed by atoms with van der Waals surface area (Å²) in [7, 11) is 1.64. The van der Waals surface area contributed by atoms with Crippen LogP contribution in [0.5, 0.6) is 5.75 Å². The van der Waals surface area contributed by atoms with Crippen molar-refractivity contribution in [2.24, 2.45) is 5.73 Å². The zero-order chi connectivity index (χ0) is 14.0. The van der Waals surface area contributed by atoms with Crippen LogP contribution in [-0.4, -0.2) is 7.11 Å². The second-order valence-electron chi connectivity index (χ2n) is 4.36. The minimum Gasteiger partial charge on any atom is -0.496 e. The van der Waals surface area contributed by atoms with Gasteiger partial charge in [0.15, 0.2) is 0 Å². The first-order valence-corrected chi connectivity index (χ1v) is 7.48. The average Bonchev–Trinajstić information content (AvgIpc) is 2.70. The Hall–Kier alpha value is -0.740. The van der Waals surface area contributed by atoms with E-state index < -0.39 is 0 Å². The van der Waals surface area contributed by atoms with Gasteiger partial charge in [-0.15, -0.1) is 11.3 Å². The van der Waals surface area contributed by atoms with Crippen molar-refractivity contribution in [2.75, 3.05) is 7.11 Å². The summed E-state index contributed by atoms with van der Waals surface area (Å²) in [4.78, 5) is 1.00. The lowest BCUT2D eigenvalue weighted by Crippen LogP contribution is -2.13. The molecule has 1 heterocycles. The van der Waals surface area contributed by atoms with Crippen LogP contribution in [0.2, 0.25) is 10.0 Å². The lowest BCUT2D eigenvalue weighted by Gasteiger charge is -2.14. The van der Waals surface area contributed by atoms with E-state index >= 15 is 0 Å².